The number of pyridine rings is 1. The molecule has 0 aliphatic carbocycles. The first-order valence-corrected chi connectivity index (χ1v) is 7.93. The highest BCUT2D eigenvalue weighted by molar-refractivity contribution is 6.30. The summed E-state index contributed by atoms with van der Waals surface area (Å²) < 4.78 is 1.63. The van der Waals surface area contributed by atoms with Crippen LogP contribution in [0.15, 0.2) is 48.8 Å². The minimum absolute atomic E-state index is 0.0374. The standard InChI is InChI=1S/C18H16ClN3O2/c1-12(23)22-11-13(15-4-2-3-5-17(15)22)6-8-21-18(24)16-10-14(19)7-9-20-16/h2-5,7,9-11H,6,8H2,1H3,(H,21,24). The Morgan fingerprint density at radius 1 is 1.25 bits per heavy atom. The van der Waals surface area contributed by atoms with E-state index in [-0.39, 0.29) is 17.5 Å². The molecule has 3 aromatic rings. The molecule has 0 saturated heterocycles. The molecule has 2 aromatic heterocycles. The summed E-state index contributed by atoms with van der Waals surface area (Å²) in [5, 5.41) is 4.31. The average Bonchev–Trinajstić information content (AvgIpc) is 2.94. The lowest BCUT2D eigenvalue weighted by atomic mass is 10.1. The zero-order chi connectivity index (χ0) is 17.1. The molecule has 0 aliphatic heterocycles. The number of halogens is 1. The van der Waals surface area contributed by atoms with E-state index in [1.54, 1.807) is 10.6 Å². The molecule has 1 aromatic carbocycles. The maximum Gasteiger partial charge on any atom is 0.269 e. The van der Waals surface area contributed by atoms with Gasteiger partial charge in [-0.3, -0.25) is 19.1 Å². The lowest BCUT2D eigenvalue weighted by molar-refractivity contribution is 0.0935. The SMILES string of the molecule is CC(=O)n1cc(CCNC(=O)c2cc(Cl)ccn2)c2ccccc21. The average molecular weight is 342 g/mol. The Kier molecular flexibility index (Phi) is 4.62. The van der Waals surface area contributed by atoms with E-state index in [0.29, 0.717) is 18.0 Å². The summed E-state index contributed by atoms with van der Waals surface area (Å²) in [6.07, 6.45) is 3.95. The number of nitrogens with one attached hydrogen (secondary N) is 1. The largest absolute Gasteiger partial charge is 0.350 e. The van der Waals surface area contributed by atoms with Gasteiger partial charge in [0, 0.05) is 36.3 Å². The van der Waals surface area contributed by atoms with Crippen LogP contribution in [-0.4, -0.2) is 27.9 Å². The van der Waals surface area contributed by atoms with Crippen molar-refractivity contribution in [2.75, 3.05) is 6.54 Å². The molecule has 0 aliphatic rings. The summed E-state index contributed by atoms with van der Waals surface area (Å²) in [4.78, 5) is 27.8. The highest BCUT2D eigenvalue weighted by atomic mass is 35.5. The molecule has 3 rings (SSSR count). The Hall–Kier alpha value is -2.66. The molecule has 122 valence electrons. The van der Waals surface area contributed by atoms with E-state index in [2.05, 4.69) is 10.3 Å². The van der Waals surface area contributed by atoms with Gasteiger partial charge in [0.2, 0.25) is 5.91 Å². The highest BCUT2D eigenvalue weighted by Gasteiger charge is 2.11. The third-order valence-electron chi connectivity index (χ3n) is 3.77. The van der Waals surface area contributed by atoms with Gasteiger partial charge in [0.05, 0.1) is 5.52 Å². The molecular weight excluding hydrogens is 326 g/mol. The van der Waals surface area contributed by atoms with Crippen LogP contribution in [0.5, 0.6) is 0 Å². The Morgan fingerprint density at radius 3 is 2.79 bits per heavy atom. The third-order valence-corrected chi connectivity index (χ3v) is 4.00. The summed E-state index contributed by atoms with van der Waals surface area (Å²) >= 11 is 5.86. The summed E-state index contributed by atoms with van der Waals surface area (Å²) in [5.41, 5.74) is 2.18. The van der Waals surface area contributed by atoms with Crippen molar-refractivity contribution in [2.24, 2.45) is 0 Å². The van der Waals surface area contributed by atoms with Crippen LogP contribution in [-0.2, 0) is 6.42 Å². The van der Waals surface area contributed by atoms with Crippen LogP contribution >= 0.6 is 11.6 Å². The molecule has 0 fully saturated rings. The number of fused-ring (bicyclic) bond motifs is 1. The fourth-order valence-corrected chi connectivity index (χ4v) is 2.80. The van der Waals surface area contributed by atoms with Crippen LogP contribution < -0.4 is 5.32 Å². The zero-order valence-corrected chi connectivity index (χ0v) is 13.9. The predicted octanol–water partition coefficient (Wildman–Crippen LogP) is 3.32. The summed E-state index contributed by atoms with van der Waals surface area (Å²) in [7, 11) is 0. The normalized spacial score (nSPS) is 10.8. The predicted molar refractivity (Wildman–Crippen MR) is 93.5 cm³/mol. The molecule has 6 heteroatoms. The maximum atomic E-state index is 12.1. The molecule has 5 nitrogen and oxygen atoms in total. The number of carbonyl (C=O) groups excluding carboxylic acids is 2. The second-order valence-corrected chi connectivity index (χ2v) is 5.86. The monoisotopic (exact) mass is 341 g/mol. The molecule has 2 heterocycles. The van der Waals surface area contributed by atoms with Crippen LogP contribution in [0.4, 0.5) is 0 Å². The zero-order valence-electron chi connectivity index (χ0n) is 13.1. The molecule has 1 N–H and O–H groups in total. The lowest BCUT2D eigenvalue weighted by Crippen LogP contribution is -2.26. The summed E-state index contributed by atoms with van der Waals surface area (Å²) in [5.74, 6) is -0.308. The van der Waals surface area contributed by atoms with Gasteiger partial charge < -0.3 is 5.32 Å². The smallest absolute Gasteiger partial charge is 0.269 e. The molecule has 0 radical (unpaired) electrons. The van der Waals surface area contributed by atoms with Crippen molar-refractivity contribution >= 4 is 34.3 Å². The van der Waals surface area contributed by atoms with Crippen LogP contribution in [0.2, 0.25) is 5.02 Å². The Labute approximate surface area is 144 Å². The van der Waals surface area contributed by atoms with Gasteiger partial charge in [0.15, 0.2) is 0 Å². The highest BCUT2D eigenvalue weighted by Crippen LogP contribution is 2.21. The molecule has 0 bridgehead atoms. The number of benzene rings is 1. The number of hydrogen-bond acceptors (Lipinski definition) is 3. The molecular formula is C18H16ClN3O2. The molecule has 0 atom stereocenters. The van der Waals surface area contributed by atoms with E-state index in [1.807, 2.05) is 30.5 Å². The number of aromatic nitrogens is 2. The first-order chi connectivity index (χ1) is 11.6. The molecule has 0 spiro atoms. The van der Waals surface area contributed by atoms with Gasteiger partial charge in [0.1, 0.15) is 5.69 Å². The number of amides is 1. The van der Waals surface area contributed by atoms with Crippen molar-refractivity contribution in [2.45, 2.75) is 13.3 Å². The topological polar surface area (TPSA) is 64.0 Å². The van der Waals surface area contributed by atoms with Crippen molar-refractivity contribution in [3.63, 3.8) is 0 Å². The quantitative estimate of drug-likeness (QED) is 0.791. The van der Waals surface area contributed by atoms with Crippen molar-refractivity contribution in [3.05, 3.63) is 65.1 Å². The van der Waals surface area contributed by atoms with E-state index in [9.17, 15) is 9.59 Å². The number of carbonyl (C=O) groups is 2. The fraction of sp³-hybridized carbons (Fsp3) is 0.167. The van der Waals surface area contributed by atoms with Crippen molar-refractivity contribution in [3.8, 4) is 0 Å². The van der Waals surface area contributed by atoms with Crippen LogP contribution in [0.25, 0.3) is 10.9 Å². The van der Waals surface area contributed by atoms with Crippen molar-refractivity contribution < 1.29 is 9.59 Å². The maximum absolute atomic E-state index is 12.1. The number of nitrogens with zero attached hydrogens (tertiary/aromatic N) is 2. The number of rotatable bonds is 4. The van der Waals surface area contributed by atoms with Crippen LogP contribution in [0.3, 0.4) is 0 Å². The van der Waals surface area contributed by atoms with E-state index in [0.717, 1.165) is 16.5 Å². The van der Waals surface area contributed by atoms with Crippen molar-refractivity contribution in [1.29, 1.82) is 0 Å². The second-order valence-electron chi connectivity index (χ2n) is 5.43. The Morgan fingerprint density at radius 2 is 2.04 bits per heavy atom. The third kappa shape index (κ3) is 3.31. The summed E-state index contributed by atoms with van der Waals surface area (Å²) in [6.45, 7) is 1.97. The number of hydrogen-bond donors (Lipinski definition) is 1. The van der Waals surface area contributed by atoms with Gasteiger partial charge in [-0.1, -0.05) is 29.8 Å². The molecule has 0 unspecified atom stereocenters. The lowest BCUT2D eigenvalue weighted by Gasteiger charge is -2.04. The molecule has 24 heavy (non-hydrogen) atoms. The number of para-hydroxylation sites is 1. The van der Waals surface area contributed by atoms with E-state index >= 15 is 0 Å². The van der Waals surface area contributed by atoms with Crippen LogP contribution in [0, 0.1) is 0 Å². The van der Waals surface area contributed by atoms with Gasteiger partial charge in [-0.15, -0.1) is 0 Å². The van der Waals surface area contributed by atoms with Gasteiger partial charge >= 0.3 is 0 Å². The van der Waals surface area contributed by atoms with E-state index < -0.39 is 0 Å². The van der Waals surface area contributed by atoms with E-state index in [1.165, 1.54) is 19.2 Å². The van der Waals surface area contributed by atoms with Gasteiger partial charge in [0.25, 0.3) is 5.91 Å². The Balaban J connectivity index is 1.72. The van der Waals surface area contributed by atoms with E-state index in [4.69, 9.17) is 11.6 Å². The minimum Gasteiger partial charge on any atom is -0.350 e. The fourth-order valence-electron chi connectivity index (χ4n) is 2.64. The second kappa shape index (κ2) is 6.84. The molecule has 0 saturated carbocycles. The van der Waals surface area contributed by atoms with Crippen molar-refractivity contribution in [1.82, 2.24) is 14.9 Å². The van der Waals surface area contributed by atoms with Crippen LogP contribution in [0.1, 0.15) is 27.8 Å². The van der Waals surface area contributed by atoms with Gasteiger partial charge in [-0.25, -0.2) is 0 Å². The Bertz CT molecular complexity index is 918. The summed E-state index contributed by atoms with van der Waals surface area (Å²) in [6, 6.07) is 10.9. The minimum atomic E-state index is -0.271. The first kappa shape index (κ1) is 16.2. The molecule has 1 amide bonds. The first-order valence-electron chi connectivity index (χ1n) is 7.56. The van der Waals surface area contributed by atoms with Gasteiger partial charge in [-0.2, -0.15) is 0 Å². The van der Waals surface area contributed by atoms with Gasteiger partial charge in [-0.05, 0) is 30.2 Å².